The number of piperidine rings is 1. The molecule has 2 heterocycles. The molecule has 1 aliphatic heterocycles. The van der Waals surface area contributed by atoms with Crippen LogP contribution in [0.3, 0.4) is 0 Å². The average molecular weight is 469 g/mol. The van der Waals surface area contributed by atoms with E-state index in [0.717, 1.165) is 43.5 Å². The molecule has 33 heavy (non-hydrogen) atoms. The number of halogens is 1. The maximum atomic E-state index is 12.7. The fourth-order valence-corrected chi connectivity index (χ4v) is 4.30. The number of hydrogen-bond donors (Lipinski definition) is 1. The van der Waals surface area contributed by atoms with Crippen molar-refractivity contribution in [3.8, 4) is 17.1 Å². The summed E-state index contributed by atoms with van der Waals surface area (Å²) in [4.78, 5) is 19.4. The summed E-state index contributed by atoms with van der Waals surface area (Å²) in [5.41, 5.74) is 2.06. The van der Waals surface area contributed by atoms with Crippen LogP contribution in [0.15, 0.2) is 53.1 Å². The minimum absolute atomic E-state index is 0.0185. The molecule has 0 aliphatic carbocycles. The van der Waals surface area contributed by atoms with Crippen molar-refractivity contribution in [1.82, 2.24) is 20.4 Å². The number of aryl methyl sites for hydroxylation is 1. The molecular weight excluding hydrogens is 440 g/mol. The Bertz CT molecular complexity index is 1050. The number of amides is 1. The third-order valence-electron chi connectivity index (χ3n) is 5.89. The van der Waals surface area contributed by atoms with Gasteiger partial charge in [0.15, 0.2) is 0 Å². The monoisotopic (exact) mass is 468 g/mol. The summed E-state index contributed by atoms with van der Waals surface area (Å²) in [6.45, 7) is 2.82. The lowest BCUT2D eigenvalue weighted by Gasteiger charge is -2.30. The lowest BCUT2D eigenvalue weighted by molar-refractivity contribution is -0.126. The number of methoxy groups -OCH3 is 1. The van der Waals surface area contributed by atoms with E-state index in [1.807, 2.05) is 36.4 Å². The van der Waals surface area contributed by atoms with E-state index in [9.17, 15) is 4.79 Å². The van der Waals surface area contributed by atoms with Crippen LogP contribution < -0.4 is 10.1 Å². The molecule has 0 radical (unpaired) electrons. The van der Waals surface area contributed by atoms with Crippen molar-refractivity contribution < 1.29 is 14.1 Å². The molecule has 1 aromatic heterocycles. The summed E-state index contributed by atoms with van der Waals surface area (Å²) >= 11 is 6.05. The van der Waals surface area contributed by atoms with Gasteiger partial charge in [-0.1, -0.05) is 41.0 Å². The number of ether oxygens (including phenoxy) is 1. The molecule has 1 N–H and O–H groups in total. The smallest absolute Gasteiger partial charge is 0.241 e. The van der Waals surface area contributed by atoms with Crippen molar-refractivity contribution in [3.05, 3.63) is 65.0 Å². The van der Waals surface area contributed by atoms with Crippen LogP contribution in [0.25, 0.3) is 11.4 Å². The predicted octanol–water partition coefficient (Wildman–Crippen LogP) is 4.36. The normalized spacial score (nSPS) is 16.5. The van der Waals surface area contributed by atoms with Gasteiger partial charge in [0.1, 0.15) is 5.75 Å². The van der Waals surface area contributed by atoms with Gasteiger partial charge in [0.2, 0.25) is 17.6 Å². The van der Waals surface area contributed by atoms with E-state index in [0.29, 0.717) is 36.4 Å². The van der Waals surface area contributed by atoms with Crippen LogP contribution in [0.4, 0.5) is 0 Å². The van der Waals surface area contributed by atoms with Gasteiger partial charge in [-0.2, -0.15) is 4.98 Å². The number of nitrogens with one attached hydrogen (secondary N) is 1. The molecule has 4 rings (SSSR count). The first kappa shape index (κ1) is 23.3. The maximum Gasteiger partial charge on any atom is 0.241 e. The second kappa shape index (κ2) is 11.3. The van der Waals surface area contributed by atoms with E-state index in [-0.39, 0.29) is 11.8 Å². The molecule has 3 aromatic rings. The average Bonchev–Trinajstić information content (AvgIpc) is 3.31. The number of likely N-dealkylation sites (tertiary alicyclic amines) is 1. The maximum absolute atomic E-state index is 12.7. The topological polar surface area (TPSA) is 80.5 Å². The Labute approximate surface area is 199 Å². The highest BCUT2D eigenvalue weighted by molar-refractivity contribution is 6.30. The van der Waals surface area contributed by atoms with Gasteiger partial charge in [0.25, 0.3) is 0 Å². The lowest BCUT2D eigenvalue weighted by atomic mass is 9.97. The number of nitrogens with zero attached hydrogens (tertiary/aromatic N) is 3. The first-order valence-corrected chi connectivity index (χ1v) is 11.7. The summed E-state index contributed by atoms with van der Waals surface area (Å²) < 4.78 is 10.6. The molecular formula is C25H29ClN4O3. The van der Waals surface area contributed by atoms with Gasteiger partial charge in [0.05, 0.1) is 19.6 Å². The van der Waals surface area contributed by atoms with Gasteiger partial charge in [-0.05, 0) is 62.1 Å². The van der Waals surface area contributed by atoms with Crippen molar-refractivity contribution in [2.75, 3.05) is 26.7 Å². The van der Waals surface area contributed by atoms with Crippen LogP contribution in [-0.2, 0) is 17.8 Å². The van der Waals surface area contributed by atoms with Crippen molar-refractivity contribution >= 4 is 17.5 Å². The molecule has 0 spiro atoms. The Morgan fingerprint density at radius 1 is 1.27 bits per heavy atom. The predicted molar refractivity (Wildman–Crippen MR) is 127 cm³/mol. The number of carbonyl (C=O) groups is 1. The number of carbonyl (C=O) groups excluding carboxylic acids is 1. The van der Waals surface area contributed by atoms with Crippen LogP contribution in [0.5, 0.6) is 5.75 Å². The fourth-order valence-electron chi connectivity index (χ4n) is 4.11. The Balaban J connectivity index is 1.22. The van der Waals surface area contributed by atoms with Crippen LogP contribution in [0, 0.1) is 5.92 Å². The second-order valence-electron chi connectivity index (χ2n) is 8.34. The van der Waals surface area contributed by atoms with Crippen molar-refractivity contribution in [2.45, 2.75) is 32.2 Å². The highest BCUT2D eigenvalue weighted by atomic mass is 35.5. The summed E-state index contributed by atoms with van der Waals surface area (Å²) in [5.74, 6) is 2.03. The number of rotatable bonds is 9. The fraction of sp³-hybridized carbons (Fsp3) is 0.400. The van der Waals surface area contributed by atoms with E-state index in [2.05, 4.69) is 32.5 Å². The number of benzene rings is 2. The van der Waals surface area contributed by atoms with Crippen LogP contribution in [0.1, 0.15) is 30.7 Å². The molecule has 1 fully saturated rings. The molecule has 1 saturated heterocycles. The van der Waals surface area contributed by atoms with Gasteiger partial charge < -0.3 is 14.6 Å². The molecule has 1 unspecified atom stereocenters. The Morgan fingerprint density at radius 3 is 2.91 bits per heavy atom. The largest absolute Gasteiger partial charge is 0.497 e. The quantitative estimate of drug-likeness (QED) is 0.470. The number of aromatic nitrogens is 2. The summed E-state index contributed by atoms with van der Waals surface area (Å²) in [6.07, 6.45) is 3.70. The highest BCUT2D eigenvalue weighted by Crippen LogP contribution is 2.22. The first-order chi connectivity index (χ1) is 16.1. The molecule has 2 aromatic carbocycles. The van der Waals surface area contributed by atoms with Crippen molar-refractivity contribution in [1.29, 1.82) is 0 Å². The molecule has 1 aliphatic rings. The second-order valence-corrected chi connectivity index (χ2v) is 8.78. The molecule has 7 nitrogen and oxygen atoms in total. The van der Waals surface area contributed by atoms with Crippen molar-refractivity contribution in [3.63, 3.8) is 0 Å². The Hall–Kier alpha value is -2.90. The van der Waals surface area contributed by atoms with E-state index in [1.54, 1.807) is 7.11 Å². The Kier molecular flexibility index (Phi) is 7.96. The third kappa shape index (κ3) is 6.55. The van der Waals surface area contributed by atoms with Gasteiger partial charge in [0, 0.05) is 23.7 Å². The summed E-state index contributed by atoms with van der Waals surface area (Å²) in [7, 11) is 1.66. The first-order valence-electron chi connectivity index (χ1n) is 11.3. The van der Waals surface area contributed by atoms with Gasteiger partial charge in [-0.15, -0.1) is 0 Å². The Morgan fingerprint density at radius 2 is 2.12 bits per heavy atom. The molecule has 174 valence electrons. The zero-order valence-electron chi connectivity index (χ0n) is 18.8. The van der Waals surface area contributed by atoms with Gasteiger partial charge in [-0.3, -0.25) is 9.69 Å². The van der Waals surface area contributed by atoms with Crippen LogP contribution >= 0.6 is 11.6 Å². The van der Waals surface area contributed by atoms with E-state index >= 15 is 0 Å². The minimum Gasteiger partial charge on any atom is -0.497 e. The molecule has 1 atom stereocenters. The zero-order valence-corrected chi connectivity index (χ0v) is 19.6. The van der Waals surface area contributed by atoms with Gasteiger partial charge >= 0.3 is 0 Å². The van der Waals surface area contributed by atoms with E-state index in [4.69, 9.17) is 20.9 Å². The minimum atomic E-state index is -0.0185. The molecule has 8 heteroatoms. The third-order valence-corrected chi connectivity index (χ3v) is 6.12. The summed E-state index contributed by atoms with van der Waals surface area (Å²) in [6, 6.07) is 15.4. The van der Waals surface area contributed by atoms with Gasteiger partial charge in [-0.25, -0.2) is 0 Å². The standard InChI is InChI=1S/C25H29ClN4O3/c1-32-22-11-9-18(10-12-22)5-3-13-27-25(31)20-7-4-14-30(16-20)17-23-28-24(29-33-23)19-6-2-8-21(26)15-19/h2,6,8-12,15,20H,3-5,7,13-14,16-17H2,1H3,(H,27,31). The molecule has 1 amide bonds. The van der Waals surface area contributed by atoms with Crippen LogP contribution in [0.2, 0.25) is 5.02 Å². The lowest BCUT2D eigenvalue weighted by Crippen LogP contribution is -2.43. The molecule has 0 saturated carbocycles. The van der Waals surface area contributed by atoms with Crippen molar-refractivity contribution in [2.24, 2.45) is 5.92 Å². The SMILES string of the molecule is COc1ccc(CCCNC(=O)C2CCCN(Cc3nc(-c4cccc(Cl)c4)no3)C2)cc1. The van der Waals surface area contributed by atoms with E-state index in [1.165, 1.54) is 5.56 Å². The number of hydrogen-bond acceptors (Lipinski definition) is 6. The zero-order chi connectivity index (χ0) is 23.0. The highest BCUT2D eigenvalue weighted by Gasteiger charge is 2.26. The molecule has 0 bridgehead atoms. The van der Waals surface area contributed by atoms with Crippen LogP contribution in [-0.4, -0.2) is 47.7 Å². The van der Waals surface area contributed by atoms with E-state index < -0.39 is 0 Å². The summed E-state index contributed by atoms with van der Waals surface area (Å²) in [5, 5.41) is 7.81.